The molecule has 0 unspecified atom stereocenters. The van der Waals surface area contributed by atoms with Gasteiger partial charge in [-0.15, -0.1) is 0 Å². The van der Waals surface area contributed by atoms with Crippen LogP contribution in [-0.2, 0) is 19.4 Å². The van der Waals surface area contributed by atoms with Gasteiger partial charge in [0.25, 0.3) is 5.91 Å². The lowest BCUT2D eigenvalue weighted by Crippen LogP contribution is -2.22. The largest absolute Gasteiger partial charge is 0.345 e. The Labute approximate surface area is 146 Å². The van der Waals surface area contributed by atoms with Crippen LogP contribution >= 0.6 is 0 Å². The Morgan fingerprint density at radius 2 is 1.84 bits per heavy atom. The number of fused-ring (bicyclic) bond motifs is 1. The molecule has 5 heteroatoms. The number of amides is 1. The van der Waals surface area contributed by atoms with Gasteiger partial charge in [0.05, 0.1) is 6.04 Å². The normalized spacial score (nSPS) is 15.9. The van der Waals surface area contributed by atoms with E-state index >= 15 is 0 Å². The second-order valence-corrected chi connectivity index (χ2v) is 6.35. The molecule has 1 atom stereocenters. The number of nitrogens with one attached hydrogen (secondary N) is 1. The molecule has 3 aromatic rings. The summed E-state index contributed by atoms with van der Waals surface area (Å²) in [5.41, 5.74) is 3.09. The fourth-order valence-corrected chi connectivity index (χ4v) is 3.37. The molecule has 1 aliphatic rings. The number of aryl methyl sites for hydroxylation is 3. The Kier molecular flexibility index (Phi) is 4.06. The molecule has 1 aliphatic heterocycles. The zero-order chi connectivity index (χ0) is 17.2. The summed E-state index contributed by atoms with van der Waals surface area (Å²) in [6, 6.07) is 18.1. The van der Waals surface area contributed by atoms with Gasteiger partial charge in [-0.3, -0.25) is 4.79 Å². The highest BCUT2D eigenvalue weighted by molar-refractivity contribution is 5.99. The molecule has 25 heavy (non-hydrogen) atoms. The van der Waals surface area contributed by atoms with Crippen molar-refractivity contribution in [2.45, 2.75) is 32.4 Å². The second kappa shape index (κ2) is 6.51. The first-order chi connectivity index (χ1) is 12.2. The summed E-state index contributed by atoms with van der Waals surface area (Å²) in [6.45, 7) is 2.69. The maximum Gasteiger partial charge on any atom is 0.252 e. The average molecular weight is 332 g/mol. The van der Waals surface area contributed by atoms with Crippen molar-refractivity contribution >= 4 is 5.91 Å². The smallest absolute Gasteiger partial charge is 0.252 e. The molecule has 126 valence electrons. The Bertz CT molecular complexity index is 901. The fraction of sp³-hybridized carbons (Fsp3) is 0.250. The van der Waals surface area contributed by atoms with E-state index in [1.807, 2.05) is 54.1 Å². The number of carbonyl (C=O) groups excluding carboxylic acids is 1. The van der Waals surface area contributed by atoms with Crippen molar-refractivity contribution < 1.29 is 4.79 Å². The Balaban J connectivity index is 1.53. The first-order valence-corrected chi connectivity index (χ1v) is 8.55. The van der Waals surface area contributed by atoms with E-state index in [-0.39, 0.29) is 11.9 Å². The van der Waals surface area contributed by atoms with Crippen molar-refractivity contribution in [2.24, 2.45) is 0 Å². The van der Waals surface area contributed by atoms with Crippen molar-refractivity contribution in [3.8, 4) is 0 Å². The molecular formula is C20H20N4O. The molecule has 0 fully saturated rings. The molecule has 0 bridgehead atoms. The lowest BCUT2D eigenvalue weighted by molar-refractivity contribution is 0.0956. The minimum absolute atomic E-state index is 0.00678. The minimum Gasteiger partial charge on any atom is -0.345 e. The number of rotatable bonds is 5. The highest BCUT2D eigenvalue weighted by Gasteiger charge is 2.29. The quantitative estimate of drug-likeness (QED) is 0.781. The predicted octanol–water partition coefficient (Wildman–Crippen LogP) is 2.86. The fourth-order valence-electron chi connectivity index (χ4n) is 3.37. The van der Waals surface area contributed by atoms with E-state index in [2.05, 4.69) is 27.5 Å². The lowest BCUT2D eigenvalue weighted by Gasteiger charge is -2.12. The van der Waals surface area contributed by atoms with Crippen LogP contribution in [0.15, 0.2) is 54.6 Å². The van der Waals surface area contributed by atoms with Gasteiger partial charge in [-0.05, 0) is 30.5 Å². The molecule has 0 radical (unpaired) electrons. The van der Waals surface area contributed by atoms with Crippen LogP contribution in [0.25, 0.3) is 0 Å². The summed E-state index contributed by atoms with van der Waals surface area (Å²) >= 11 is 0. The molecule has 0 aliphatic carbocycles. The zero-order valence-electron chi connectivity index (χ0n) is 14.1. The van der Waals surface area contributed by atoms with Crippen molar-refractivity contribution in [3.05, 3.63) is 82.9 Å². The van der Waals surface area contributed by atoms with Crippen LogP contribution < -0.4 is 5.32 Å². The van der Waals surface area contributed by atoms with Gasteiger partial charge in [0.1, 0.15) is 11.6 Å². The monoisotopic (exact) mass is 332 g/mol. The van der Waals surface area contributed by atoms with E-state index in [1.165, 1.54) is 5.56 Å². The molecule has 0 saturated heterocycles. The van der Waals surface area contributed by atoms with Gasteiger partial charge in [0.2, 0.25) is 0 Å². The van der Waals surface area contributed by atoms with E-state index in [4.69, 9.17) is 0 Å². The molecule has 2 heterocycles. The lowest BCUT2D eigenvalue weighted by atomic mass is 10.0. The van der Waals surface area contributed by atoms with Gasteiger partial charge in [0.15, 0.2) is 0 Å². The van der Waals surface area contributed by atoms with E-state index < -0.39 is 0 Å². The summed E-state index contributed by atoms with van der Waals surface area (Å²) in [4.78, 5) is 16.7. The van der Waals surface area contributed by atoms with Crippen molar-refractivity contribution in [1.29, 1.82) is 0 Å². The van der Waals surface area contributed by atoms with Crippen molar-refractivity contribution in [2.75, 3.05) is 0 Å². The number of carbonyl (C=O) groups is 1. The van der Waals surface area contributed by atoms with Crippen LogP contribution in [0.3, 0.4) is 0 Å². The topological polar surface area (TPSA) is 59.8 Å². The third kappa shape index (κ3) is 3.18. The molecular weight excluding hydrogens is 312 g/mol. The van der Waals surface area contributed by atoms with Gasteiger partial charge >= 0.3 is 0 Å². The number of nitrogens with zero attached hydrogens (tertiary/aromatic N) is 3. The van der Waals surface area contributed by atoms with Crippen molar-refractivity contribution in [1.82, 2.24) is 20.1 Å². The first kappa shape index (κ1) is 15.6. The maximum absolute atomic E-state index is 12.1. The van der Waals surface area contributed by atoms with Crippen LogP contribution in [0.1, 0.15) is 39.2 Å². The minimum atomic E-state index is -0.0391. The van der Waals surface area contributed by atoms with Crippen LogP contribution in [0, 0.1) is 6.92 Å². The molecule has 2 aromatic carbocycles. The first-order valence-electron chi connectivity index (χ1n) is 8.55. The summed E-state index contributed by atoms with van der Waals surface area (Å²) in [5, 5.41) is 7.59. The standard InChI is InChI=1S/C20H20N4O/c1-14-21-19(24(23-14)12-11-15-7-3-2-4-8-15)13-18-16-9-5-6-10-17(16)20(25)22-18/h2-10,18H,11-13H2,1H3,(H,22,25)/t18-/m1/s1. The van der Waals surface area contributed by atoms with Gasteiger partial charge < -0.3 is 5.32 Å². The van der Waals surface area contributed by atoms with Crippen molar-refractivity contribution in [3.63, 3.8) is 0 Å². The van der Waals surface area contributed by atoms with Gasteiger partial charge in [-0.25, -0.2) is 9.67 Å². The molecule has 5 nitrogen and oxygen atoms in total. The molecule has 1 amide bonds. The van der Waals surface area contributed by atoms with E-state index in [1.54, 1.807) is 0 Å². The van der Waals surface area contributed by atoms with Crippen LogP contribution in [0.4, 0.5) is 0 Å². The summed E-state index contributed by atoms with van der Waals surface area (Å²) < 4.78 is 1.97. The summed E-state index contributed by atoms with van der Waals surface area (Å²) in [5.74, 6) is 1.67. The zero-order valence-corrected chi connectivity index (χ0v) is 14.1. The number of benzene rings is 2. The van der Waals surface area contributed by atoms with Gasteiger partial charge in [-0.2, -0.15) is 5.10 Å². The third-order valence-electron chi connectivity index (χ3n) is 4.58. The third-order valence-corrected chi connectivity index (χ3v) is 4.58. The summed E-state index contributed by atoms with van der Waals surface area (Å²) in [6.07, 6.45) is 1.56. The maximum atomic E-state index is 12.1. The number of aromatic nitrogens is 3. The van der Waals surface area contributed by atoms with Crippen LogP contribution in [0.2, 0.25) is 0 Å². The highest BCUT2D eigenvalue weighted by Crippen LogP contribution is 2.27. The molecule has 1 aromatic heterocycles. The van der Waals surface area contributed by atoms with Gasteiger partial charge in [0, 0.05) is 18.5 Å². The molecule has 4 rings (SSSR count). The van der Waals surface area contributed by atoms with E-state index in [0.717, 1.165) is 35.7 Å². The molecule has 0 spiro atoms. The number of hydrogen-bond acceptors (Lipinski definition) is 3. The Morgan fingerprint density at radius 1 is 1.08 bits per heavy atom. The molecule has 0 saturated carbocycles. The SMILES string of the molecule is Cc1nc(C[C@H]2NC(=O)c3ccccc32)n(CCc2ccccc2)n1. The van der Waals surface area contributed by atoms with Crippen LogP contribution in [-0.4, -0.2) is 20.7 Å². The molecule has 1 N–H and O–H groups in total. The van der Waals surface area contributed by atoms with E-state index in [9.17, 15) is 4.79 Å². The van der Waals surface area contributed by atoms with Gasteiger partial charge in [-0.1, -0.05) is 48.5 Å². The predicted molar refractivity (Wildman–Crippen MR) is 95.3 cm³/mol. The number of hydrogen-bond donors (Lipinski definition) is 1. The summed E-state index contributed by atoms with van der Waals surface area (Å²) in [7, 11) is 0. The second-order valence-electron chi connectivity index (χ2n) is 6.35. The Hall–Kier alpha value is -2.95. The van der Waals surface area contributed by atoms with Crippen LogP contribution in [0.5, 0.6) is 0 Å². The van der Waals surface area contributed by atoms with E-state index in [0.29, 0.717) is 6.42 Å². The Morgan fingerprint density at radius 3 is 2.68 bits per heavy atom. The average Bonchev–Trinajstić information content (AvgIpc) is 3.14. The highest BCUT2D eigenvalue weighted by atomic mass is 16.2.